The van der Waals surface area contributed by atoms with E-state index in [4.69, 9.17) is 9.47 Å². The number of methoxy groups -OCH3 is 2. The average Bonchev–Trinajstić information content (AvgIpc) is 3.09. The minimum absolute atomic E-state index is 0.101. The molecule has 1 fully saturated rings. The number of anilines is 2. The van der Waals surface area contributed by atoms with E-state index in [1.165, 1.54) is 7.11 Å². The molecule has 0 aromatic heterocycles. The first-order chi connectivity index (χ1) is 13.0. The maximum Gasteiger partial charge on any atom is 0.339 e. The Balaban J connectivity index is 1.74. The topological polar surface area (TPSA) is 84.9 Å². The summed E-state index contributed by atoms with van der Waals surface area (Å²) < 4.78 is 9.92. The first-order valence-corrected chi connectivity index (χ1v) is 8.46. The molecular formula is C20H20N2O5. The van der Waals surface area contributed by atoms with E-state index in [1.54, 1.807) is 60.5 Å². The summed E-state index contributed by atoms with van der Waals surface area (Å²) in [7, 11) is 2.84. The van der Waals surface area contributed by atoms with Gasteiger partial charge in [0.1, 0.15) is 5.75 Å². The Morgan fingerprint density at radius 1 is 1.11 bits per heavy atom. The van der Waals surface area contributed by atoms with Crippen LogP contribution >= 0.6 is 0 Å². The van der Waals surface area contributed by atoms with Gasteiger partial charge in [-0.15, -0.1) is 0 Å². The number of benzene rings is 2. The molecular weight excluding hydrogens is 348 g/mol. The normalized spacial score (nSPS) is 16.1. The molecule has 7 nitrogen and oxygen atoms in total. The molecule has 1 N–H and O–H groups in total. The highest BCUT2D eigenvalue weighted by Gasteiger charge is 2.35. The summed E-state index contributed by atoms with van der Waals surface area (Å²) in [6, 6.07) is 13.7. The van der Waals surface area contributed by atoms with Gasteiger partial charge in [0.05, 0.1) is 31.4 Å². The van der Waals surface area contributed by atoms with Gasteiger partial charge in [-0.3, -0.25) is 9.59 Å². The quantitative estimate of drug-likeness (QED) is 0.820. The zero-order valence-electron chi connectivity index (χ0n) is 15.1. The Bertz CT molecular complexity index is 880. The molecule has 2 aromatic rings. The fourth-order valence-electron chi connectivity index (χ4n) is 3.03. The van der Waals surface area contributed by atoms with Crippen LogP contribution in [-0.2, 0) is 14.3 Å². The Morgan fingerprint density at radius 3 is 2.63 bits per heavy atom. The van der Waals surface area contributed by atoms with Gasteiger partial charge in [0.2, 0.25) is 11.8 Å². The van der Waals surface area contributed by atoms with Crippen molar-refractivity contribution in [2.45, 2.75) is 6.42 Å². The van der Waals surface area contributed by atoms with E-state index in [9.17, 15) is 14.4 Å². The summed E-state index contributed by atoms with van der Waals surface area (Å²) in [5, 5.41) is 2.74. The first-order valence-electron chi connectivity index (χ1n) is 8.46. The molecule has 1 saturated heterocycles. The van der Waals surface area contributed by atoms with Crippen LogP contribution in [0.5, 0.6) is 5.75 Å². The van der Waals surface area contributed by atoms with Gasteiger partial charge in [-0.05, 0) is 24.3 Å². The Kier molecular flexibility index (Phi) is 5.40. The Hall–Kier alpha value is -3.35. The second kappa shape index (κ2) is 7.90. The van der Waals surface area contributed by atoms with Crippen molar-refractivity contribution >= 4 is 29.2 Å². The predicted molar refractivity (Wildman–Crippen MR) is 99.9 cm³/mol. The van der Waals surface area contributed by atoms with Crippen LogP contribution in [0.1, 0.15) is 16.8 Å². The monoisotopic (exact) mass is 368 g/mol. The Labute approximate surface area is 156 Å². The number of hydrogen-bond acceptors (Lipinski definition) is 5. The highest BCUT2D eigenvalue weighted by Crippen LogP contribution is 2.29. The van der Waals surface area contributed by atoms with E-state index >= 15 is 0 Å². The van der Waals surface area contributed by atoms with Crippen LogP contribution in [-0.4, -0.2) is 38.5 Å². The SMILES string of the molecule is COC(=O)c1ccccc1NC(=O)C1CC(=O)N(c2cccc(OC)c2)C1. The number of nitrogens with zero attached hydrogens (tertiary/aromatic N) is 1. The molecule has 1 unspecified atom stereocenters. The van der Waals surface area contributed by atoms with Crippen LogP contribution in [0.4, 0.5) is 11.4 Å². The molecule has 1 aliphatic heterocycles. The molecule has 27 heavy (non-hydrogen) atoms. The molecule has 0 spiro atoms. The molecule has 3 rings (SSSR count). The number of carbonyl (C=O) groups excluding carboxylic acids is 3. The average molecular weight is 368 g/mol. The number of carbonyl (C=O) groups is 3. The van der Waals surface area contributed by atoms with E-state index in [0.717, 1.165) is 0 Å². The van der Waals surface area contributed by atoms with Crippen molar-refractivity contribution in [2.75, 3.05) is 31.0 Å². The van der Waals surface area contributed by atoms with E-state index in [-0.39, 0.29) is 30.3 Å². The van der Waals surface area contributed by atoms with Gasteiger partial charge in [0, 0.05) is 24.7 Å². The molecule has 0 aliphatic carbocycles. The van der Waals surface area contributed by atoms with Crippen LogP contribution in [0, 0.1) is 5.92 Å². The smallest absolute Gasteiger partial charge is 0.339 e. The molecule has 1 heterocycles. The third kappa shape index (κ3) is 3.92. The van der Waals surface area contributed by atoms with Gasteiger partial charge in [-0.1, -0.05) is 18.2 Å². The van der Waals surface area contributed by atoms with Gasteiger partial charge >= 0.3 is 5.97 Å². The Morgan fingerprint density at radius 2 is 1.89 bits per heavy atom. The lowest BCUT2D eigenvalue weighted by atomic mass is 10.1. The molecule has 0 bridgehead atoms. The highest BCUT2D eigenvalue weighted by molar-refractivity contribution is 6.06. The first kappa shape index (κ1) is 18.4. The van der Waals surface area contributed by atoms with Crippen molar-refractivity contribution in [3.05, 3.63) is 54.1 Å². The maximum atomic E-state index is 12.7. The maximum absolute atomic E-state index is 12.7. The largest absolute Gasteiger partial charge is 0.497 e. The van der Waals surface area contributed by atoms with Crippen LogP contribution in [0.2, 0.25) is 0 Å². The molecule has 0 saturated carbocycles. The molecule has 1 atom stereocenters. The number of hydrogen-bond donors (Lipinski definition) is 1. The van der Waals surface area contributed by atoms with Crippen molar-refractivity contribution in [1.82, 2.24) is 0 Å². The van der Waals surface area contributed by atoms with Crippen molar-refractivity contribution in [1.29, 1.82) is 0 Å². The number of ether oxygens (including phenoxy) is 2. The summed E-state index contributed by atoms with van der Waals surface area (Å²) in [5.74, 6) is -0.865. The van der Waals surface area contributed by atoms with Crippen molar-refractivity contribution in [2.24, 2.45) is 5.92 Å². The van der Waals surface area contributed by atoms with Crippen LogP contribution < -0.4 is 15.0 Å². The fourth-order valence-corrected chi connectivity index (χ4v) is 3.03. The molecule has 140 valence electrons. The molecule has 2 aromatic carbocycles. The zero-order valence-corrected chi connectivity index (χ0v) is 15.1. The lowest BCUT2D eigenvalue weighted by Gasteiger charge is -2.17. The van der Waals surface area contributed by atoms with Crippen LogP contribution in [0.3, 0.4) is 0 Å². The lowest BCUT2D eigenvalue weighted by molar-refractivity contribution is -0.122. The summed E-state index contributed by atoms with van der Waals surface area (Å²) in [4.78, 5) is 38.5. The predicted octanol–water partition coefficient (Wildman–Crippen LogP) is 2.47. The number of para-hydroxylation sites is 1. The third-order valence-corrected chi connectivity index (χ3v) is 4.45. The second-order valence-corrected chi connectivity index (χ2v) is 6.13. The number of rotatable bonds is 5. The van der Waals surface area contributed by atoms with Crippen molar-refractivity contribution < 1.29 is 23.9 Å². The summed E-state index contributed by atoms with van der Waals surface area (Å²) in [6.07, 6.45) is 0.101. The van der Waals surface area contributed by atoms with Gasteiger partial charge in [-0.25, -0.2) is 4.79 Å². The standard InChI is InChI=1S/C20H20N2O5/c1-26-15-7-5-6-14(11-15)22-12-13(10-18(22)23)19(24)21-17-9-4-3-8-16(17)20(25)27-2/h3-9,11,13H,10,12H2,1-2H3,(H,21,24). The third-order valence-electron chi connectivity index (χ3n) is 4.45. The fraction of sp³-hybridized carbons (Fsp3) is 0.250. The van der Waals surface area contributed by atoms with Gasteiger partial charge < -0.3 is 19.7 Å². The number of amides is 2. The minimum Gasteiger partial charge on any atom is -0.497 e. The van der Waals surface area contributed by atoms with Crippen molar-refractivity contribution in [3.63, 3.8) is 0 Å². The van der Waals surface area contributed by atoms with E-state index in [0.29, 0.717) is 17.1 Å². The van der Waals surface area contributed by atoms with Crippen LogP contribution in [0.25, 0.3) is 0 Å². The summed E-state index contributed by atoms with van der Waals surface area (Å²) in [6.45, 7) is 0.262. The van der Waals surface area contributed by atoms with Gasteiger partial charge in [0.15, 0.2) is 0 Å². The van der Waals surface area contributed by atoms with Crippen molar-refractivity contribution in [3.8, 4) is 5.75 Å². The minimum atomic E-state index is -0.536. The second-order valence-electron chi connectivity index (χ2n) is 6.13. The zero-order chi connectivity index (χ0) is 19.4. The molecule has 7 heteroatoms. The highest BCUT2D eigenvalue weighted by atomic mass is 16.5. The van der Waals surface area contributed by atoms with E-state index < -0.39 is 11.9 Å². The van der Waals surface area contributed by atoms with Gasteiger partial charge in [0.25, 0.3) is 0 Å². The number of esters is 1. The summed E-state index contributed by atoms with van der Waals surface area (Å²) in [5.41, 5.74) is 1.31. The van der Waals surface area contributed by atoms with E-state index in [2.05, 4.69) is 5.32 Å². The van der Waals surface area contributed by atoms with E-state index in [1.807, 2.05) is 0 Å². The summed E-state index contributed by atoms with van der Waals surface area (Å²) >= 11 is 0. The number of nitrogens with one attached hydrogen (secondary N) is 1. The lowest BCUT2D eigenvalue weighted by Crippen LogP contribution is -2.28. The van der Waals surface area contributed by atoms with Gasteiger partial charge in [-0.2, -0.15) is 0 Å². The molecule has 2 amide bonds. The van der Waals surface area contributed by atoms with Crippen LogP contribution in [0.15, 0.2) is 48.5 Å². The molecule has 0 radical (unpaired) electrons. The molecule has 1 aliphatic rings.